The minimum absolute atomic E-state index is 0.0696. The first-order valence-electron chi connectivity index (χ1n) is 7.94. The first-order valence-corrected chi connectivity index (χ1v) is 8.75. The summed E-state index contributed by atoms with van der Waals surface area (Å²) >= 11 is 0.905. The normalized spacial score (nSPS) is 16.1. The predicted octanol–water partition coefficient (Wildman–Crippen LogP) is 2.50. The van der Waals surface area contributed by atoms with E-state index in [9.17, 15) is 14.4 Å². The molecule has 7 nitrogen and oxygen atoms in total. The standard InChI is InChI=1S/C18H18N2O5S/c1-24-8-7-20-17(22)15(26-18(20)23)9-12-10-19(11-16(21)25-2)14-6-4-3-5-13(12)14/h3-6,9-10H,7-8,11H2,1-2H3/b15-9+. The van der Waals surface area contributed by atoms with Crippen molar-refractivity contribution in [2.75, 3.05) is 27.4 Å². The van der Waals surface area contributed by atoms with Gasteiger partial charge in [-0.25, -0.2) is 0 Å². The average molecular weight is 374 g/mol. The summed E-state index contributed by atoms with van der Waals surface area (Å²) in [7, 11) is 2.86. The number of benzene rings is 1. The molecular formula is C18H18N2O5S. The van der Waals surface area contributed by atoms with E-state index in [4.69, 9.17) is 9.47 Å². The maximum atomic E-state index is 12.5. The van der Waals surface area contributed by atoms with Gasteiger partial charge in [-0.2, -0.15) is 0 Å². The van der Waals surface area contributed by atoms with Gasteiger partial charge in [0.1, 0.15) is 6.54 Å². The second-order valence-corrected chi connectivity index (χ2v) is 6.62. The number of amides is 2. The van der Waals surface area contributed by atoms with Crippen LogP contribution in [0.25, 0.3) is 17.0 Å². The van der Waals surface area contributed by atoms with Gasteiger partial charge in [0, 0.05) is 29.8 Å². The van der Waals surface area contributed by atoms with Crippen molar-refractivity contribution < 1.29 is 23.9 Å². The third-order valence-electron chi connectivity index (χ3n) is 4.03. The van der Waals surface area contributed by atoms with E-state index >= 15 is 0 Å². The van der Waals surface area contributed by atoms with Gasteiger partial charge in [-0.15, -0.1) is 0 Å². The number of methoxy groups -OCH3 is 2. The van der Waals surface area contributed by atoms with E-state index in [1.165, 1.54) is 19.1 Å². The van der Waals surface area contributed by atoms with Crippen molar-refractivity contribution in [2.24, 2.45) is 0 Å². The molecule has 1 aliphatic heterocycles. The molecule has 1 saturated heterocycles. The van der Waals surface area contributed by atoms with Crippen LogP contribution in [0.5, 0.6) is 0 Å². The van der Waals surface area contributed by atoms with Crippen LogP contribution in [0.1, 0.15) is 5.56 Å². The molecule has 0 aliphatic carbocycles. The molecule has 1 aliphatic rings. The molecule has 3 rings (SSSR count). The lowest BCUT2D eigenvalue weighted by Crippen LogP contribution is -2.31. The Kier molecular flexibility index (Phi) is 5.43. The Balaban J connectivity index is 1.96. The number of carbonyl (C=O) groups is 3. The summed E-state index contributed by atoms with van der Waals surface area (Å²) in [6.07, 6.45) is 3.47. The van der Waals surface area contributed by atoms with Crippen molar-refractivity contribution in [3.05, 3.63) is 40.9 Å². The fourth-order valence-corrected chi connectivity index (χ4v) is 3.60. The molecule has 0 N–H and O–H groups in total. The third-order valence-corrected chi connectivity index (χ3v) is 4.93. The smallest absolute Gasteiger partial charge is 0.325 e. The first-order chi connectivity index (χ1) is 12.5. The number of thioether (sulfide) groups is 1. The Morgan fingerprint density at radius 2 is 2.00 bits per heavy atom. The van der Waals surface area contributed by atoms with Crippen LogP contribution in [0, 0.1) is 0 Å². The van der Waals surface area contributed by atoms with Crippen molar-refractivity contribution in [2.45, 2.75) is 6.54 Å². The molecule has 0 radical (unpaired) electrons. The number of ether oxygens (including phenoxy) is 2. The van der Waals surface area contributed by atoms with Crippen molar-refractivity contribution in [1.29, 1.82) is 0 Å². The van der Waals surface area contributed by atoms with Crippen LogP contribution in [-0.4, -0.2) is 54.0 Å². The number of para-hydroxylation sites is 1. The molecule has 1 aromatic carbocycles. The number of imide groups is 1. The van der Waals surface area contributed by atoms with Gasteiger partial charge in [0.25, 0.3) is 11.1 Å². The van der Waals surface area contributed by atoms with Gasteiger partial charge in [-0.1, -0.05) is 18.2 Å². The van der Waals surface area contributed by atoms with E-state index in [1.807, 2.05) is 24.3 Å². The molecule has 1 fully saturated rings. The van der Waals surface area contributed by atoms with Crippen LogP contribution in [0.4, 0.5) is 4.79 Å². The van der Waals surface area contributed by atoms with Crippen LogP contribution in [0.2, 0.25) is 0 Å². The predicted molar refractivity (Wildman–Crippen MR) is 98.5 cm³/mol. The first kappa shape index (κ1) is 18.2. The fourth-order valence-electron chi connectivity index (χ4n) is 2.74. The molecule has 0 atom stereocenters. The van der Waals surface area contributed by atoms with Crippen molar-refractivity contribution in [3.8, 4) is 0 Å². The van der Waals surface area contributed by atoms with Gasteiger partial charge in [-0.3, -0.25) is 19.3 Å². The zero-order chi connectivity index (χ0) is 18.7. The van der Waals surface area contributed by atoms with Crippen LogP contribution >= 0.6 is 11.8 Å². The summed E-state index contributed by atoms with van der Waals surface area (Å²) in [5.41, 5.74) is 1.62. The second kappa shape index (κ2) is 7.76. The number of carbonyl (C=O) groups excluding carboxylic acids is 3. The van der Waals surface area contributed by atoms with E-state index in [1.54, 1.807) is 16.8 Å². The molecule has 8 heteroatoms. The highest BCUT2D eigenvalue weighted by atomic mass is 32.2. The lowest BCUT2D eigenvalue weighted by molar-refractivity contribution is -0.141. The molecule has 0 bridgehead atoms. The van der Waals surface area contributed by atoms with E-state index in [-0.39, 0.29) is 30.2 Å². The highest BCUT2D eigenvalue weighted by molar-refractivity contribution is 8.18. The van der Waals surface area contributed by atoms with Crippen molar-refractivity contribution in [1.82, 2.24) is 9.47 Å². The monoisotopic (exact) mass is 374 g/mol. The molecule has 0 saturated carbocycles. The number of hydrogen-bond acceptors (Lipinski definition) is 6. The number of rotatable bonds is 6. The molecule has 2 aromatic rings. The lowest BCUT2D eigenvalue weighted by atomic mass is 10.1. The molecule has 2 amide bonds. The summed E-state index contributed by atoms with van der Waals surface area (Å²) in [6.45, 7) is 0.590. The average Bonchev–Trinajstić information content (AvgIpc) is 3.11. The van der Waals surface area contributed by atoms with Gasteiger partial charge in [0.15, 0.2) is 0 Å². The Bertz CT molecular complexity index is 902. The van der Waals surface area contributed by atoms with E-state index in [0.717, 1.165) is 28.2 Å². The van der Waals surface area contributed by atoms with Gasteiger partial charge >= 0.3 is 5.97 Å². The van der Waals surface area contributed by atoms with Crippen molar-refractivity contribution in [3.63, 3.8) is 0 Å². The Labute approximate surface area is 154 Å². The summed E-state index contributed by atoms with van der Waals surface area (Å²) in [6, 6.07) is 7.55. The van der Waals surface area contributed by atoms with Gasteiger partial charge in [0.05, 0.1) is 25.2 Å². The minimum Gasteiger partial charge on any atom is -0.468 e. The number of esters is 1. The SMILES string of the molecule is COCCN1C(=O)S/C(=C/c2cn(CC(=O)OC)c3ccccc23)C1=O. The van der Waals surface area contributed by atoms with E-state index < -0.39 is 0 Å². The maximum Gasteiger partial charge on any atom is 0.325 e. The second-order valence-electron chi connectivity index (χ2n) is 5.63. The highest BCUT2D eigenvalue weighted by Gasteiger charge is 2.34. The molecule has 136 valence electrons. The Morgan fingerprint density at radius 3 is 2.73 bits per heavy atom. The van der Waals surface area contributed by atoms with Crippen LogP contribution < -0.4 is 0 Å². The van der Waals surface area contributed by atoms with Crippen LogP contribution in [0.15, 0.2) is 35.4 Å². The van der Waals surface area contributed by atoms with Gasteiger partial charge < -0.3 is 14.0 Å². The summed E-state index contributed by atoms with van der Waals surface area (Å²) in [5.74, 6) is -0.695. The quantitative estimate of drug-likeness (QED) is 0.571. The number of fused-ring (bicyclic) bond motifs is 1. The van der Waals surface area contributed by atoms with Gasteiger partial charge in [-0.05, 0) is 23.9 Å². The highest BCUT2D eigenvalue weighted by Crippen LogP contribution is 2.34. The fraction of sp³-hybridized carbons (Fsp3) is 0.278. The Hall–Kier alpha value is -2.58. The zero-order valence-electron chi connectivity index (χ0n) is 14.4. The number of hydrogen-bond donors (Lipinski definition) is 0. The van der Waals surface area contributed by atoms with E-state index in [2.05, 4.69) is 0 Å². The minimum atomic E-state index is -0.364. The molecule has 2 heterocycles. The maximum absolute atomic E-state index is 12.5. The molecule has 0 unspecified atom stereocenters. The molecule has 0 spiro atoms. The van der Waals surface area contributed by atoms with Crippen LogP contribution in [-0.2, 0) is 25.6 Å². The zero-order valence-corrected chi connectivity index (χ0v) is 15.2. The lowest BCUT2D eigenvalue weighted by Gasteiger charge is -2.10. The number of aromatic nitrogens is 1. The largest absolute Gasteiger partial charge is 0.468 e. The molecule has 1 aromatic heterocycles. The molecule has 26 heavy (non-hydrogen) atoms. The third kappa shape index (κ3) is 3.51. The van der Waals surface area contributed by atoms with E-state index in [0.29, 0.717) is 11.5 Å². The van der Waals surface area contributed by atoms with Crippen molar-refractivity contribution >= 4 is 45.9 Å². The Morgan fingerprint density at radius 1 is 1.23 bits per heavy atom. The summed E-state index contributed by atoms with van der Waals surface area (Å²) < 4.78 is 11.4. The van der Waals surface area contributed by atoms with Crippen LogP contribution in [0.3, 0.4) is 0 Å². The summed E-state index contributed by atoms with van der Waals surface area (Å²) in [5, 5.41) is 0.580. The van der Waals surface area contributed by atoms with Gasteiger partial charge in [0.2, 0.25) is 0 Å². The topological polar surface area (TPSA) is 77.8 Å². The summed E-state index contributed by atoms with van der Waals surface area (Å²) in [4.78, 5) is 37.7. The molecular weight excluding hydrogens is 356 g/mol. The number of nitrogens with zero attached hydrogens (tertiary/aromatic N) is 2.